The molecule has 0 bridgehead atoms. The Morgan fingerprint density at radius 2 is 2.23 bits per heavy atom. The molecule has 1 aromatic rings. The van der Waals surface area contributed by atoms with Crippen LogP contribution in [0.5, 0.6) is 5.75 Å². The van der Waals surface area contributed by atoms with Gasteiger partial charge in [0, 0.05) is 11.7 Å². The highest BCUT2D eigenvalue weighted by Crippen LogP contribution is 2.27. The van der Waals surface area contributed by atoms with Crippen molar-refractivity contribution in [1.29, 1.82) is 0 Å². The van der Waals surface area contributed by atoms with Gasteiger partial charge < -0.3 is 10.1 Å². The molecular formula is C14H19ClN2O4S. The van der Waals surface area contributed by atoms with Crippen LogP contribution in [0.1, 0.15) is 6.42 Å². The van der Waals surface area contributed by atoms with Gasteiger partial charge in [-0.05, 0) is 31.7 Å². The van der Waals surface area contributed by atoms with E-state index >= 15 is 0 Å². The Balaban J connectivity index is 1.91. The molecule has 1 atom stereocenters. The smallest absolute Gasteiger partial charge is 0.238 e. The highest BCUT2D eigenvalue weighted by Gasteiger charge is 2.31. The van der Waals surface area contributed by atoms with E-state index in [0.717, 1.165) is 0 Å². The van der Waals surface area contributed by atoms with Crippen LogP contribution in [0.15, 0.2) is 18.2 Å². The van der Waals surface area contributed by atoms with Gasteiger partial charge in [0.15, 0.2) is 9.84 Å². The van der Waals surface area contributed by atoms with Gasteiger partial charge in [0.05, 0.1) is 30.2 Å². The maximum atomic E-state index is 12.0. The molecule has 1 saturated heterocycles. The molecule has 1 aromatic carbocycles. The summed E-state index contributed by atoms with van der Waals surface area (Å²) in [4.78, 5) is 13.8. The van der Waals surface area contributed by atoms with Gasteiger partial charge in [-0.1, -0.05) is 11.6 Å². The van der Waals surface area contributed by atoms with Crippen LogP contribution in [0.2, 0.25) is 5.02 Å². The van der Waals surface area contributed by atoms with Gasteiger partial charge in [-0.25, -0.2) is 8.42 Å². The molecule has 1 N–H and O–H groups in total. The van der Waals surface area contributed by atoms with Crippen molar-refractivity contribution in [3.63, 3.8) is 0 Å². The molecule has 8 heteroatoms. The quantitative estimate of drug-likeness (QED) is 0.872. The number of sulfone groups is 1. The number of halogens is 1. The van der Waals surface area contributed by atoms with E-state index in [9.17, 15) is 13.2 Å². The molecule has 1 aliphatic rings. The number of carbonyl (C=O) groups is 1. The molecule has 1 fully saturated rings. The summed E-state index contributed by atoms with van der Waals surface area (Å²) in [6.45, 7) is 0.129. The van der Waals surface area contributed by atoms with Gasteiger partial charge in [0.2, 0.25) is 5.91 Å². The lowest BCUT2D eigenvalue weighted by Gasteiger charge is -2.22. The second-order valence-electron chi connectivity index (χ2n) is 5.37. The highest BCUT2D eigenvalue weighted by molar-refractivity contribution is 7.91. The molecule has 1 heterocycles. The van der Waals surface area contributed by atoms with Crippen molar-refractivity contribution in [3.8, 4) is 5.75 Å². The van der Waals surface area contributed by atoms with Crippen LogP contribution in [0, 0.1) is 0 Å². The summed E-state index contributed by atoms with van der Waals surface area (Å²) in [5.41, 5.74) is 0.572. The second kappa shape index (κ2) is 6.85. The normalized spacial score (nSPS) is 20.1. The van der Waals surface area contributed by atoms with Crippen molar-refractivity contribution in [1.82, 2.24) is 4.90 Å². The number of nitrogens with one attached hydrogen (secondary N) is 1. The minimum atomic E-state index is -2.95. The molecule has 1 amide bonds. The number of ether oxygens (including phenoxy) is 1. The van der Waals surface area contributed by atoms with Crippen molar-refractivity contribution >= 4 is 33.0 Å². The summed E-state index contributed by atoms with van der Waals surface area (Å²) in [6.07, 6.45) is 0.570. The number of methoxy groups -OCH3 is 1. The zero-order valence-electron chi connectivity index (χ0n) is 12.5. The lowest BCUT2D eigenvalue weighted by molar-refractivity contribution is -0.117. The van der Waals surface area contributed by atoms with Crippen LogP contribution in [0.3, 0.4) is 0 Å². The minimum absolute atomic E-state index is 0.102. The number of likely N-dealkylation sites (N-methyl/N-ethyl adjacent to an activating group) is 1. The molecule has 0 radical (unpaired) electrons. The summed E-state index contributed by atoms with van der Waals surface area (Å²) in [5.74, 6) is 0.629. The zero-order chi connectivity index (χ0) is 16.3. The van der Waals surface area contributed by atoms with Crippen LogP contribution < -0.4 is 10.1 Å². The predicted octanol–water partition coefficient (Wildman–Crippen LogP) is 1.41. The van der Waals surface area contributed by atoms with Crippen molar-refractivity contribution in [2.24, 2.45) is 0 Å². The van der Waals surface area contributed by atoms with Crippen molar-refractivity contribution in [3.05, 3.63) is 23.2 Å². The minimum Gasteiger partial charge on any atom is -0.495 e. The Morgan fingerprint density at radius 3 is 2.77 bits per heavy atom. The Hall–Kier alpha value is -1.31. The van der Waals surface area contributed by atoms with E-state index in [2.05, 4.69) is 5.32 Å². The van der Waals surface area contributed by atoms with Crippen LogP contribution >= 0.6 is 11.6 Å². The fourth-order valence-electron chi connectivity index (χ4n) is 2.42. The number of amides is 1. The zero-order valence-corrected chi connectivity index (χ0v) is 14.1. The Kier molecular flexibility index (Phi) is 5.31. The number of benzene rings is 1. The van der Waals surface area contributed by atoms with Crippen molar-refractivity contribution in [2.75, 3.05) is 37.5 Å². The van der Waals surface area contributed by atoms with Gasteiger partial charge in [-0.3, -0.25) is 9.69 Å². The molecule has 0 aliphatic carbocycles. The average molecular weight is 347 g/mol. The van der Waals surface area contributed by atoms with Crippen molar-refractivity contribution < 1.29 is 17.9 Å². The molecule has 0 aromatic heterocycles. The number of hydrogen-bond acceptors (Lipinski definition) is 5. The predicted molar refractivity (Wildman–Crippen MR) is 86.3 cm³/mol. The maximum Gasteiger partial charge on any atom is 0.238 e. The highest BCUT2D eigenvalue weighted by atomic mass is 35.5. The Bertz CT molecular complexity index is 663. The molecular weight excluding hydrogens is 328 g/mol. The van der Waals surface area contributed by atoms with E-state index in [1.807, 2.05) is 0 Å². The van der Waals surface area contributed by atoms with E-state index in [4.69, 9.17) is 16.3 Å². The summed E-state index contributed by atoms with van der Waals surface area (Å²) in [7, 11) is 0.321. The SMILES string of the molecule is COc1ccc(NC(=O)CN(C)C2CCS(=O)(=O)C2)cc1Cl. The van der Waals surface area contributed by atoms with Gasteiger partial charge in [-0.2, -0.15) is 0 Å². The monoisotopic (exact) mass is 346 g/mol. The second-order valence-corrected chi connectivity index (χ2v) is 8.01. The number of carbonyl (C=O) groups excluding carboxylic acids is 1. The largest absolute Gasteiger partial charge is 0.495 e. The lowest BCUT2D eigenvalue weighted by atomic mass is 10.2. The third-order valence-electron chi connectivity index (χ3n) is 3.66. The maximum absolute atomic E-state index is 12.0. The standard InChI is InChI=1S/C14H19ClN2O4S/c1-17(11-5-6-22(19,20)9-11)8-14(18)16-10-3-4-13(21-2)12(15)7-10/h3-4,7,11H,5-6,8-9H2,1-2H3,(H,16,18). The van der Waals surface area contributed by atoms with E-state index in [-0.39, 0.29) is 30.0 Å². The Labute approximate surface area is 135 Å². The third-order valence-corrected chi connectivity index (χ3v) is 5.71. The molecule has 22 heavy (non-hydrogen) atoms. The van der Waals surface area contributed by atoms with E-state index in [1.165, 1.54) is 7.11 Å². The number of rotatable bonds is 5. The fraction of sp³-hybridized carbons (Fsp3) is 0.500. The first-order valence-corrected chi connectivity index (χ1v) is 9.05. The van der Waals surface area contributed by atoms with Gasteiger partial charge in [-0.15, -0.1) is 0 Å². The summed E-state index contributed by atoms with van der Waals surface area (Å²) < 4.78 is 28.0. The first kappa shape index (κ1) is 17.1. The van der Waals surface area contributed by atoms with Crippen LogP contribution in [-0.4, -0.2) is 57.5 Å². The van der Waals surface area contributed by atoms with Gasteiger partial charge in [0.25, 0.3) is 0 Å². The van der Waals surface area contributed by atoms with E-state index in [1.54, 1.807) is 30.1 Å². The lowest BCUT2D eigenvalue weighted by Crippen LogP contribution is -2.38. The van der Waals surface area contributed by atoms with Crippen molar-refractivity contribution in [2.45, 2.75) is 12.5 Å². The summed E-state index contributed by atoms with van der Waals surface area (Å²) >= 11 is 6.00. The number of hydrogen-bond donors (Lipinski definition) is 1. The van der Waals surface area contributed by atoms with Crippen LogP contribution in [-0.2, 0) is 14.6 Å². The fourth-order valence-corrected chi connectivity index (χ4v) is 4.49. The van der Waals surface area contributed by atoms with Gasteiger partial charge in [0.1, 0.15) is 5.75 Å². The van der Waals surface area contributed by atoms with Crippen LogP contribution in [0.4, 0.5) is 5.69 Å². The summed E-state index contributed by atoms with van der Waals surface area (Å²) in [6, 6.07) is 4.88. The Morgan fingerprint density at radius 1 is 1.50 bits per heavy atom. The molecule has 1 aliphatic heterocycles. The average Bonchev–Trinajstić information content (AvgIpc) is 2.79. The molecule has 0 spiro atoms. The molecule has 0 saturated carbocycles. The number of nitrogens with zero attached hydrogens (tertiary/aromatic N) is 1. The molecule has 6 nitrogen and oxygen atoms in total. The molecule has 1 unspecified atom stereocenters. The topological polar surface area (TPSA) is 75.7 Å². The molecule has 2 rings (SSSR count). The number of anilines is 1. The van der Waals surface area contributed by atoms with Gasteiger partial charge >= 0.3 is 0 Å². The van der Waals surface area contributed by atoms with E-state index < -0.39 is 9.84 Å². The van der Waals surface area contributed by atoms with E-state index in [0.29, 0.717) is 22.9 Å². The summed E-state index contributed by atoms with van der Waals surface area (Å²) in [5, 5.41) is 3.15. The third kappa shape index (κ3) is 4.34. The molecule has 122 valence electrons. The van der Waals surface area contributed by atoms with Crippen LogP contribution in [0.25, 0.3) is 0 Å². The first-order chi connectivity index (χ1) is 10.3. The first-order valence-electron chi connectivity index (χ1n) is 6.85.